The maximum atomic E-state index is 13.4. The van der Waals surface area contributed by atoms with Gasteiger partial charge in [0.2, 0.25) is 0 Å². The second-order valence-corrected chi connectivity index (χ2v) is 6.29. The van der Waals surface area contributed by atoms with Crippen LogP contribution in [-0.4, -0.2) is 62.4 Å². The number of rotatable bonds is 4. The second-order valence-electron chi connectivity index (χ2n) is 6.29. The number of ether oxygens (including phenoxy) is 1. The monoisotopic (exact) mass is 393 g/mol. The van der Waals surface area contributed by atoms with Crippen molar-refractivity contribution in [3.63, 3.8) is 0 Å². The van der Waals surface area contributed by atoms with Crippen LogP contribution in [0.5, 0.6) is 0 Å². The summed E-state index contributed by atoms with van der Waals surface area (Å²) in [6.07, 6.45) is -4.54. The first-order chi connectivity index (χ1) is 12.0. The van der Waals surface area contributed by atoms with Crippen molar-refractivity contribution in [3.05, 3.63) is 35.4 Å². The van der Waals surface area contributed by atoms with Gasteiger partial charge in [0.1, 0.15) is 6.04 Å². The minimum Gasteiger partial charge on any atom is -0.363 e. The van der Waals surface area contributed by atoms with Crippen LogP contribution in [0.15, 0.2) is 24.3 Å². The summed E-state index contributed by atoms with van der Waals surface area (Å²) in [5.41, 5.74) is 1.74. The smallest absolute Gasteiger partial charge is 0.363 e. The lowest BCUT2D eigenvalue weighted by molar-refractivity contribution is -0.184. The van der Waals surface area contributed by atoms with Gasteiger partial charge >= 0.3 is 6.18 Å². The van der Waals surface area contributed by atoms with Gasteiger partial charge in [-0.1, -0.05) is 24.3 Å². The van der Waals surface area contributed by atoms with Gasteiger partial charge in [-0.15, -0.1) is 12.4 Å². The normalized spacial score (nSPS) is 22.0. The molecule has 0 aromatic heterocycles. The van der Waals surface area contributed by atoms with Crippen molar-refractivity contribution in [2.24, 2.45) is 0 Å². The average molecular weight is 394 g/mol. The van der Waals surface area contributed by atoms with Crippen molar-refractivity contribution in [2.75, 3.05) is 39.3 Å². The molecule has 2 heterocycles. The number of benzene rings is 1. The van der Waals surface area contributed by atoms with Crippen LogP contribution in [0.3, 0.4) is 0 Å². The average Bonchev–Trinajstić information content (AvgIpc) is 2.61. The second kappa shape index (κ2) is 9.03. The highest BCUT2D eigenvalue weighted by atomic mass is 35.5. The molecule has 0 aliphatic carbocycles. The van der Waals surface area contributed by atoms with Crippen LogP contribution in [0.2, 0.25) is 0 Å². The van der Waals surface area contributed by atoms with Gasteiger partial charge in [-0.2, -0.15) is 13.2 Å². The van der Waals surface area contributed by atoms with E-state index in [0.717, 1.165) is 11.1 Å². The van der Waals surface area contributed by atoms with Crippen LogP contribution in [0.1, 0.15) is 17.2 Å². The highest BCUT2D eigenvalue weighted by Crippen LogP contribution is 2.28. The van der Waals surface area contributed by atoms with Crippen molar-refractivity contribution in [2.45, 2.75) is 24.7 Å². The zero-order chi connectivity index (χ0) is 17.9. The van der Waals surface area contributed by atoms with E-state index >= 15 is 0 Å². The predicted octanol–water partition coefficient (Wildman–Crippen LogP) is 1.67. The predicted molar refractivity (Wildman–Crippen MR) is 93.4 cm³/mol. The molecule has 146 valence electrons. The van der Waals surface area contributed by atoms with E-state index in [9.17, 15) is 18.0 Å². The summed E-state index contributed by atoms with van der Waals surface area (Å²) in [4.78, 5) is 13.8. The molecule has 1 saturated heterocycles. The third-order valence-corrected chi connectivity index (χ3v) is 4.67. The van der Waals surface area contributed by atoms with Crippen LogP contribution in [0, 0.1) is 0 Å². The molecule has 2 aliphatic heterocycles. The minimum absolute atomic E-state index is 0. The van der Waals surface area contributed by atoms with E-state index in [-0.39, 0.29) is 12.4 Å². The van der Waals surface area contributed by atoms with Crippen molar-refractivity contribution < 1.29 is 22.7 Å². The number of nitrogens with one attached hydrogen (secondary N) is 2. The maximum absolute atomic E-state index is 13.4. The van der Waals surface area contributed by atoms with E-state index in [2.05, 4.69) is 10.6 Å². The zero-order valence-electron chi connectivity index (χ0n) is 14.2. The molecule has 1 aromatic rings. The summed E-state index contributed by atoms with van der Waals surface area (Å²) in [5.74, 6) is -0.517. The number of fused-ring (bicyclic) bond motifs is 1. The number of hydrogen-bond donors (Lipinski definition) is 2. The first kappa shape index (κ1) is 21.0. The fourth-order valence-electron chi connectivity index (χ4n) is 3.35. The summed E-state index contributed by atoms with van der Waals surface area (Å²) in [7, 11) is 0. The van der Waals surface area contributed by atoms with E-state index < -0.39 is 30.8 Å². The lowest BCUT2D eigenvalue weighted by Crippen LogP contribution is -2.57. The van der Waals surface area contributed by atoms with E-state index in [4.69, 9.17) is 4.74 Å². The first-order valence-electron chi connectivity index (χ1n) is 8.45. The molecule has 9 heteroatoms. The Kier molecular flexibility index (Phi) is 7.28. The Balaban J connectivity index is 0.00000243. The highest BCUT2D eigenvalue weighted by molar-refractivity contribution is 5.85. The molecule has 1 aromatic carbocycles. The highest BCUT2D eigenvalue weighted by Gasteiger charge is 2.44. The maximum Gasteiger partial charge on any atom is 0.405 e. The van der Waals surface area contributed by atoms with Crippen molar-refractivity contribution in [1.29, 1.82) is 0 Å². The Morgan fingerprint density at radius 3 is 2.69 bits per heavy atom. The molecular formula is C17H23ClF3N3O2. The SMILES string of the molecule is Cl.O=C(NCC(N1CCNCC1)C(F)(F)F)C1OCCc2ccccc21. The van der Waals surface area contributed by atoms with Gasteiger partial charge in [-0.25, -0.2) is 0 Å². The fraction of sp³-hybridized carbons (Fsp3) is 0.588. The molecule has 0 radical (unpaired) electrons. The molecule has 5 nitrogen and oxygen atoms in total. The molecular weight excluding hydrogens is 371 g/mol. The van der Waals surface area contributed by atoms with Crippen LogP contribution in [0.25, 0.3) is 0 Å². The molecule has 0 saturated carbocycles. The molecule has 1 amide bonds. The number of amides is 1. The summed E-state index contributed by atoms with van der Waals surface area (Å²) < 4.78 is 45.7. The van der Waals surface area contributed by atoms with Crippen LogP contribution >= 0.6 is 12.4 Å². The van der Waals surface area contributed by atoms with Crippen molar-refractivity contribution in [3.8, 4) is 0 Å². The van der Waals surface area contributed by atoms with Gasteiger partial charge in [0.05, 0.1) is 6.61 Å². The molecule has 0 bridgehead atoms. The van der Waals surface area contributed by atoms with Gasteiger partial charge in [-0.05, 0) is 17.5 Å². The summed E-state index contributed by atoms with van der Waals surface area (Å²) in [6.45, 7) is 1.56. The fourth-order valence-corrected chi connectivity index (χ4v) is 3.35. The molecule has 2 aliphatic rings. The molecule has 3 rings (SSSR count). The van der Waals surface area contributed by atoms with Crippen LogP contribution in [-0.2, 0) is 16.0 Å². The summed E-state index contributed by atoms with van der Waals surface area (Å²) >= 11 is 0. The third-order valence-electron chi connectivity index (χ3n) is 4.67. The van der Waals surface area contributed by atoms with Crippen LogP contribution < -0.4 is 10.6 Å². The standard InChI is InChI=1S/C17H22F3N3O2.ClH/c18-17(19,20)14(23-8-6-21-7-9-23)11-22-16(24)15-13-4-2-1-3-12(13)5-10-25-15;/h1-4,14-15,21H,5-11H2,(H,22,24);1H. The van der Waals surface area contributed by atoms with Crippen LogP contribution in [0.4, 0.5) is 13.2 Å². The molecule has 2 atom stereocenters. The molecule has 1 fully saturated rings. The van der Waals surface area contributed by atoms with E-state index in [1.807, 2.05) is 12.1 Å². The Bertz CT molecular complexity index is 609. The number of nitrogens with zero attached hydrogens (tertiary/aromatic N) is 1. The van der Waals surface area contributed by atoms with Gasteiger partial charge in [0.25, 0.3) is 5.91 Å². The zero-order valence-corrected chi connectivity index (χ0v) is 15.0. The Morgan fingerprint density at radius 1 is 1.31 bits per heavy atom. The molecule has 0 spiro atoms. The number of alkyl halides is 3. The van der Waals surface area contributed by atoms with Gasteiger partial charge in [0, 0.05) is 32.7 Å². The lowest BCUT2D eigenvalue weighted by Gasteiger charge is -2.36. The number of halogens is 4. The third kappa shape index (κ3) is 4.88. The number of carbonyl (C=O) groups excluding carboxylic acids is 1. The first-order valence-corrected chi connectivity index (χ1v) is 8.45. The molecule has 26 heavy (non-hydrogen) atoms. The molecule has 2 N–H and O–H groups in total. The largest absolute Gasteiger partial charge is 0.405 e. The summed E-state index contributed by atoms with van der Waals surface area (Å²) in [5, 5.41) is 5.48. The topological polar surface area (TPSA) is 53.6 Å². The Hall–Kier alpha value is -1.35. The lowest BCUT2D eigenvalue weighted by atomic mass is 9.97. The van der Waals surface area contributed by atoms with Gasteiger partial charge in [0.15, 0.2) is 6.10 Å². The van der Waals surface area contributed by atoms with Gasteiger partial charge < -0.3 is 15.4 Å². The Morgan fingerprint density at radius 2 is 2.00 bits per heavy atom. The van der Waals surface area contributed by atoms with Crippen molar-refractivity contribution in [1.82, 2.24) is 15.5 Å². The molecule has 2 unspecified atom stereocenters. The Labute approximate surface area is 156 Å². The number of carbonyl (C=O) groups is 1. The van der Waals surface area contributed by atoms with E-state index in [0.29, 0.717) is 39.2 Å². The summed E-state index contributed by atoms with van der Waals surface area (Å²) in [6, 6.07) is 5.70. The minimum atomic E-state index is -4.39. The quantitative estimate of drug-likeness (QED) is 0.817. The number of piperazine rings is 1. The number of hydrogen-bond acceptors (Lipinski definition) is 4. The van der Waals surface area contributed by atoms with E-state index in [1.54, 1.807) is 12.1 Å². The van der Waals surface area contributed by atoms with E-state index in [1.165, 1.54) is 4.90 Å². The van der Waals surface area contributed by atoms with Crippen molar-refractivity contribution >= 4 is 18.3 Å². The van der Waals surface area contributed by atoms with Gasteiger partial charge in [-0.3, -0.25) is 9.69 Å².